The summed E-state index contributed by atoms with van der Waals surface area (Å²) in [4.78, 5) is 36.0. The number of hydrogen-bond acceptors (Lipinski definition) is 4. The zero-order chi connectivity index (χ0) is 20.7. The molecule has 0 bridgehead atoms. The van der Waals surface area contributed by atoms with Gasteiger partial charge in [0.1, 0.15) is 0 Å². The molecule has 4 N–H and O–H groups in total. The predicted octanol–water partition coefficient (Wildman–Crippen LogP) is 3.08. The molecule has 0 aliphatic heterocycles. The standard InChI is InChI=1S/C21H26N4O3/c1-21(2,3)20(28)25-17-10-6-9-16(12-17)24-18(26)13-23-15-8-5-7-14(11-15)19(27)22-4/h5-12,23H,13H2,1-4H3,(H,22,27)(H,24,26)(H,25,28). The normalized spacial score (nSPS) is 10.7. The molecule has 7 nitrogen and oxygen atoms in total. The molecule has 148 valence electrons. The molecule has 0 saturated heterocycles. The van der Waals surface area contributed by atoms with Crippen LogP contribution in [0.1, 0.15) is 31.1 Å². The highest BCUT2D eigenvalue weighted by molar-refractivity contribution is 5.97. The molecule has 0 unspecified atom stereocenters. The largest absolute Gasteiger partial charge is 0.376 e. The topological polar surface area (TPSA) is 99.3 Å². The SMILES string of the molecule is CNC(=O)c1cccc(NCC(=O)Nc2cccc(NC(=O)C(C)(C)C)c2)c1. The fourth-order valence-corrected chi connectivity index (χ4v) is 2.30. The minimum Gasteiger partial charge on any atom is -0.376 e. The molecule has 28 heavy (non-hydrogen) atoms. The summed E-state index contributed by atoms with van der Waals surface area (Å²) in [6.07, 6.45) is 0. The molecule has 0 aromatic heterocycles. The maximum atomic E-state index is 12.2. The van der Waals surface area contributed by atoms with E-state index >= 15 is 0 Å². The number of hydrogen-bond donors (Lipinski definition) is 4. The lowest BCUT2D eigenvalue weighted by atomic mass is 9.95. The van der Waals surface area contributed by atoms with Gasteiger partial charge in [0.2, 0.25) is 11.8 Å². The third-order valence-corrected chi connectivity index (χ3v) is 3.89. The van der Waals surface area contributed by atoms with Gasteiger partial charge in [-0.2, -0.15) is 0 Å². The lowest BCUT2D eigenvalue weighted by Gasteiger charge is -2.18. The molecule has 7 heteroatoms. The zero-order valence-electron chi connectivity index (χ0n) is 16.6. The zero-order valence-corrected chi connectivity index (χ0v) is 16.6. The van der Waals surface area contributed by atoms with Gasteiger partial charge < -0.3 is 21.3 Å². The fraction of sp³-hybridized carbons (Fsp3) is 0.286. The second-order valence-electron chi connectivity index (χ2n) is 7.35. The van der Waals surface area contributed by atoms with E-state index in [9.17, 15) is 14.4 Å². The van der Waals surface area contributed by atoms with Gasteiger partial charge in [-0.25, -0.2) is 0 Å². The van der Waals surface area contributed by atoms with Gasteiger partial charge in [-0.05, 0) is 36.4 Å². The van der Waals surface area contributed by atoms with Crippen molar-refractivity contribution in [3.05, 3.63) is 54.1 Å². The van der Waals surface area contributed by atoms with Crippen molar-refractivity contribution >= 4 is 34.8 Å². The summed E-state index contributed by atoms with van der Waals surface area (Å²) < 4.78 is 0. The van der Waals surface area contributed by atoms with Crippen molar-refractivity contribution in [1.29, 1.82) is 0 Å². The van der Waals surface area contributed by atoms with Crippen molar-refractivity contribution < 1.29 is 14.4 Å². The number of benzene rings is 2. The Bertz CT molecular complexity index is 872. The van der Waals surface area contributed by atoms with Crippen LogP contribution in [0.5, 0.6) is 0 Å². The van der Waals surface area contributed by atoms with Gasteiger partial charge >= 0.3 is 0 Å². The molecule has 0 fully saturated rings. The van der Waals surface area contributed by atoms with Gasteiger partial charge in [-0.1, -0.05) is 32.9 Å². The van der Waals surface area contributed by atoms with Crippen molar-refractivity contribution in [2.75, 3.05) is 29.5 Å². The Morgan fingerprint density at radius 3 is 2.11 bits per heavy atom. The van der Waals surface area contributed by atoms with E-state index in [1.54, 1.807) is 55.6 Å². The number of anilines is 3. The van der Waals surface area contributed by atoms with Gasteiger partial charge in [-0.15, -0.1) is 0 Å². The number of amides is 3. The van der Waals surface area contributed by atoms with Gasteiger partial charge in [0.05, 0.1) is 6.54 Å². The molecule has 0 aliphatic carbocycles. The molecule has 0 spiro atoms. The minimum atomic E-state index is -0.508. The highest BCUT2D eigenvalue weighted by atomic mass is 16.2. The Balaban J connectivity index is 1.94. The van der Waals surface area contributed by atoms with Crippen molar-refractivity contribution in [1.82, 2.24) is 5.32 Å². The molecule has 0 aliphatic rings. The van der Waals surface area contributed by atoms with Gasteiger partial charge in [0.25, 0.3) is 5.91 Å². The quantitative estimate of drug-likeness (QED) is 0.617. The lowest BCUT2D eigenvalue weighted by molar-refractivity contribution is -0.123. The van der Waals surface area contributed by atoms with E-state index in [4.69, 9.17) is 0 Å². The Hall–Kier alpha value is -3.35. The Morgan fingerprint density at radius 2 is 1.46 bits per heavy atom. The molecular weight excluding hydrogens is 356 g/mol. The predicted molar refractivity (Wildman–Crippen MR) is 111 cm³/mol. The molecule has 0 heterocycles. The summed E-state index contributed by atoms with van der Waals surface area (Å²) in [5, 5.41) is 11.2. The van der Waals surface area contributed by atoms with Crippen LogP contribution in [0, 0.1) is 5.41 Å². The number of carbonyl (C=O) groups excluding carboxylic acids is 3. The number of nitrogens with one attached hydrogen (secondary N) is 4. The first-order chi connectivity index (χ1) is 13.2. The summed E-state index contributed by atoms with van der Waals surface area (Å²) in [5.74, 6) is -0.541. The molecule has 2 rings (SSSR count). The second kappa shape index (κ2) is 9.03. The summed E-state index contributed by atoms with van der Waals surface area (Å²) in [6, 6.07) is 13.9. The van der Waals surface area contributed by atoms with Crippen LogP contribution in [0.4, 0.5) is 17.1 Å². The van der Waals surface area contributed by atoms with Crippen LogP contribution in [0.25, 0.3) is 0 Å². The van der Waals surface area contributed by atoms with Crippen LogP contribution in [-0.4, -0.2) is 31.3 Å². The summed E-state index contributed by atoms with van der Waals surface area (Å²) in [6.45, 7) is 5.53. The monoisotopic (exact) mass is 382 g/mol. The maximum absolute atomic E-state index is 12.2. The van der Waals surface area contributed by atoms with E-state index < -0.39 is 5.41 Å². The smallest absolute Gasteiger partial charge is 0.251 e. The first-order valence-electron chi connectivity index (χ1n) is 8.96. The lowest BCUT2D eigenvalue weighted by Crippen LogP contribution is -2.27. The van der Waals surface area contributed by atoms with Gasteiger partial charge in [0, 0.05) is 35.1 Å². The second-order valence-corrected chi connectivity index (χ2v) is 7.35. The van der Waals surface area contributed by atoms with E-state index in [1.807, 2.05) is 20.8 Å². The minimum absolute atomic E-state index is 0.0375. The van der Waals surface area contributed by atoms with Crippen LogP contribution < -0.4 is 21.3 Å². The van der Waals surface area contributed by atoms with Crippen molar-refractivity contribution in [3.63, 3.8) is 0 Å². The van der Waals surface area contributed by atoms with Gasteiger partial charge in [0.15, 0.2) is 0 Å². The molecule has 0 radical (unpaired) electrons. The summed E-state index contributed by atoms with van der Waals surface area (Å²) >= 11 is 0. The van der Waals surface area contributed by atoms with E-state index in [0.29, 0.717) is 22.6 Å². The molecule has 0 atom stereocenters. The van der Waals surface area contributed by atoms with Crippen LogP contribution >= 0.6 is 0 Å². The molecule has 2 aromatic rings. The average molecular weight is 382 g/mol. The van der Waals surface area contributed by atoms with Crippen molar-refractivity contribution in [3.8, 4) is 0 Å². The first kappa shape index (κ1) is 21.0. The number of carbonyl (C=O) groups is 3. The van der Waals surface area contributed by atoms with Crippen LogP contribution in [-0.2, 0) is 9.59 Å². The molecular formula is C21H26N4O3. The Labute approximate surface area is 164 Å². The maximum Gasteiger partial charge on any atom is 0.251 e. The first-order valence-corrected chi connectivity index (χ1v) is 8.96. The van der Waals surface area contributed by atoms with E-state index in [2.05, 4.69) is 21.3 Å². The molecule has 2 aromatic carbocycles. The van der Waals surface area contributed by atoms with E-state index in [1.165, 1.54) is 0 Å². The average Bonchev–Trinajstić information content (AvgIpc) is 2.65. The van der Waals surface area contributed by atoms with Crippen LogP contribution in [0.15, 0.2) is 48.5 Å². The molecule has 0 saturated carbocycles. The third-order valence-electron chi connectivity index (χ3n) is 3.89. The van der Waals surface area contributed by atoms with E-state index in [0.717, 1.165) is 0 Å². The highest BCUT2D eigenvalue weighted by Gasteiger charge is 2.21. The molecule has 3 amide bonds. The Morgan fingerprint density at radius 1 is 0.857 bits per heavy atom. The number of rotatable bonds is 6. The Kier molecular flexibility index (Phi) is 6.76. The van der Waals surface area contributed by atoms with Crippen LogP contribution in [0.3, 0.4) is 0 Å². The third kappa shape index (κ3) is 6.12. The van der Waals surface area contributed by atoms with Crippen molar-refractivity contribution in [2.45, 2.75) is 20.8 Å². The summed E-state index contributed by atoms with van der Waals surface area (Å²) in [7, 11) is 1.56. The van der Waals surface area contributed by atoms with Crippen LogP contribution in [0.2, 0.25) is 0 Å². The summed E-state index contributed by atoms with van der Waals surface area (Å²) in [5.41, 5.74) is 1.87. The highest BCUT2D eigenvalue weighted by Crippen LogP contribution is 2.20. The van der Waals surface area contributed by atoms with Crippen molar-refractivity contribution in [2.24, 2.45) is 5.41 Å². The van der Waals surface area contributed by atoms with Gasteiger partial charge in [-0.3, -0.25) is 14.4 Å². The van der Waals surface area contributed by atoms with E-state index in [-0.39, 0.29) is 24.3 Å². The fourth-order valence-electron chi connectivity index (χ4n) is 2.30.